The second kappa shape index (κ2) is 23.7. The van der Waals surface area contributed by atoms with Crippen LogP contribution in [0.4, 0.5) is 0 Å². The van der Waals surface area contributed by atoms with Gasteiger partial charge in [0.05, 0.1) is 34.6 Å². The molecule has 0 radical (unpaired) electrons. The number of aryl methyl sites for hydroxylation is 4. The van der Waals surface area contributed by atoms with Crippen molar-refractivity contribution < 1.29 is 28.7 Å². The Kier molecular flexibility index (Phi) is 18.5. The monoisotopic (exact) mass is 852 g/mol. The molecule has 4 bridgehead atoms. The van der Waals surface area contributed by atoms with E-state index in [1.54, 1.807) is 18.2 Å². The largest absolute Gasteiger partial charge is 0.460 e. The summed E-state index contributed by atoms with van der Waals surface area (Å²) in [4.78, 5) is 68.7. The Morgan fingerprint density at radius 1 is 0.532 bits per heavy atom. The van der Waals surface area contributed by atoms with E-state index in [4.69, 9.17) is 19.4 Å². The maximum absolute atomic E-state index is 13.8. The number of aromatic nitrogens is 3. The van der Waals surface area contributed by atoms with Crippen LogP contribution >= 0.6 is 0 Å². The van der Waals surface area contributed by atoms with Crippen LogP contribution in [0.1, 0.15) is 208 Å². The Hall–Kier alpha value is -4.67. The molecule has 2 amide bonds. The highest BCUT2D eigenvalue weighted by Gasteiger charge is 2.32. The molecular formula is C51H73N5O6. The SMILES string of the molecule is CC(C)(C)[C@@H](COC(=O)c1cc2cnc1CCCCCCCCCC2)NC(=O)c1cccc(C(=O)N[C@H](COC(=O)c2cc3cnc2CCCCCCCCCC3)C(C)(C)C)n1. The summed E-state index contributed by atoms with van der Waals surface area (Å²) in [5.41, 5.74) is 3.72. The minimum absolute atomic E-state index is 0.0499. The van der Waals surface area contributed by atoms with E-state index in [2.05, 4.69) is 15.6 Å². The number of hydrogen-bond donors (Lipinski definition) is 2. The Morgan fingerprint density at radius 2 is 0.871 bits per heavy atom. The van der Waals surface area contributed by atoms with Crippen LogP contribution in [0, 0.1) is 10.8 Å². The predicted molar refractivity (Wildman–Crippen MR) is 243 cm³/mol. The fourth-order valence-electron chi connectivity index (χ4n) is 8.10. The van der Waals surface area contributed by atoms with E-state index < -0.39 is 46.7 Å². The van der Waals surface area contributed by atoms with Crippen LogP contribution < -0.4 is 10.6 Å². The number of nitrogens with one attached hydrogen (secondary N) is 2. The van der Waals surface area contributed by atoms with E-state index in [-0.39, 0.29) is 24.6 Å². The third-order valence-electron chi connectivity index (χ3n) is 12.4. The molecule has 0 saturated heterocycles. The Bertz CT molecular complexity index is 1810. The molecule has 11 nitrogen and oxygen atoms in total. The number of nitrogens with zero attached hydrogens (tertiary/aromatic N) is 3. The second-order valence-electron chi connectivity index (χ2n) is 19.7. The van der Waals surface area contributed by atoms with Crippen molar-refractivity contribution in [3.8, 4) is 0 Å². The van der Waals surface area contributed by atoms with Crippen LogP contribution in [0.25, 0.3) is 0 Å². The molecule has 2 atom stereocenters. The van der Waals surface area contributed by atoms with Gasteiger partial charge in [0.1, 0.15) is 24.6 Å². The second-order valence-corrected chi connectivity index (χ2v) is 19.7. The summed E-state index contributed by atoms with van der Waals surface area (Å²) in [6.45, 7) is 11.7. The van der Waals surface area contributed by atoms with Crippen molar-refractivity contribution in [1.82, 2.24) is 25.6 Å². The minimum Gasteiger partial charge on any atom is -0.460 e. The lowest BCUT2D eigenvalue weighted by Crippen LogP contribution is -2.48. The van der Waals surface area contributed by atoms with E-state index in [1.165, 1.54) is 64.2 Å². The maximum Gasteiger partial charge on any atom is 0.340 e. The van der Waals surface area contributed by atoms with Gasteiger partial charge in [-0.1, -0.05) is 125 Å². The number of carbonyl (C=O) groups excluding carboxylic acids is 4. The van der Waals surface area contributed by atoms with Gasteiger partial charge in [-0.25, -0.2) is 14.6 Å². The number of esters is 2. The van der Waals surface area contributed by atoms with Crippen molar-refractivity contribution >= 4 is 23.8 Å². The lowest BCUT2D eigenvalue weighted by atomic mass is 9.87. The molecule has 0 fully saturated rings. The molecule has 0 saturated carbocycles. The molecule has 5 heterocycles. The van der Waals surface area contributed by atoms with Crippen LogP contribution in [0.3, 0.4) is 0 Å². The van der Waals surface area contributed by atoms with Crippen molar-refractivity contribution in [2.24, 2.45) is 10.8 Å². The number of carbonyl (C=O) groups is 4. The average Bonchev–Trinajstić information content (AvgIpc) is 3.24. The Balaban J connectivity index is 1.22. The lowest BCUT2D eigenvalue weighted by Gasteiger charge is -2.31. The highest BCUT2D eigenvalue weighted by molar-refractivity contribution is 5.97. The van der Waals surface area contributed by atoms with E-state index in [9.17, 15) is 19.2 Å². The smallest absolute Gasteiger partial charge is 0.340 e. The van der Waals surface area contributed by atoms with Gasteiger partial charge in [0, 0.05) is 12.4 Å². The van der Waals surface area contributed by atoms with Crippen molar-refractivity contribution in [2.45, 2.75) is 182 Å². The van der Waals surface area contributed by atoms with Crippen molar-refractivity contribution in [3.05, 3.63) is 87.8 Å². The van der Waals surface area contributed by atoms with Gasteiger partial charge in [-0.3, -0.25) is 19.6 Å². The molecule has 0 spiro atoms. The first-order valence-electron chi connectivity index (χ1n) is 23.6. The Morgan fingerprint density at radius 3 is 1.23 bits per heavy atom. The third kappa shape index (κ3) is 15.3. The first-order chi connectivity index (χ1) is 29.7. The number of rotatable bonds is 10. The zero-order valence-corrected chi connectivity index (χ0v) is 38.5. The van der Waals surface area contributed by atoms with Gasteiger partial charge in [0.2, 0.25) is 0 Å². The van der Waals surface area contributed by atoms with Crippen molar-refractivity contribution in [2.75, 3.05) is 13.2 Å². The summed E-state index contributed by atoms with van der Waals surface area (Å²) >= 11 is 0. The fraction of sp³-hybridized carbons (Fsp3) is 0.627. The average molecular weight is 852 g/mol. The highest BCUT2D eigenvalue weighted by Crippen LogP contribution is 2.25. The molecule has 2 N–H and O–H groups in total. The number of ether oxygens (including phenoxy) is 2. The minimum atomic E-state index is -0.558. The molecule has 11 heteroatoms. The Labute approximate surface area is 370 Å². The summed E-state index contributed by atoms with van der Waals surface area (Å²) < 4.78 is 11.9. The molecule has 0 unspecified atom stereocenters. The molecule has 2 aliphatic heterocycles. The molecule has 7 rings (SSSR count). The zero-order valence-electron chi connectivity index (χ0n) is 38.5. The van der Waals surface area contributed by atoms with Gasteiger partial charge < -0.3 is 20.1 Å². The number of fused-ring (bicyclic) bond motifs is 22. The van der Waals surface area contributed by atoms with E-state index >= 15 is 0 Å². The summed E-state index contributed by atoms with van der Waals surface area (Å²) in [7, 11) is 0. The quantitative estimate of drug-likeness (QED) is 0.190. The van der Waals surface area contributed by atoms with Gasteiger partial charge in [0.25, 0.3) is 11.8 Å². The van der Waals surface area contributed by atoms with Gasteiger partial charge in [-0.05, 0) is 97.6 Å². The molecular weight excluding hydrogens is 779 g/mol. The summed E-state index contributed by atoms with van der Waals surface area (Å²) in [5.74, 6) is -1.87. The summed E-state index contributed by atoms with van der Waals surface area (Å²) in [6, 6.07) is 7.48. The summed E-state index contributed by atoms with van der Waals surface area (Å²) in [5, 5.41) is 6.04. The van der Waals surface area contributed by atoms with Gasteiger partial charge >= 0.3 is 11.9 Å². The van der Waals surface area contributed by atoms with Crippen LogP contribution in [0.5, 0.6) is 0 Å². The predicted octanol–water partition coefficient (Wildman–Crippen LogP) is 10.3. The maximum atomic E-state index is 13.8. The molecule has 62 heavy (non-hydrogen) atoms. The summed E-state index contributed by atoms with van der Waals surface area (Å²) in [6.07, 6.45) is 25.5. The molecule has 4 aliphatic rings. The van der Waals surface area contributed by atoms with Crippen molar-refractivity contribution in [1.29, 1.82) is 0 Å². The fourth-order valence-corrected chi connectivity index (χ4v) is 8.10. The first kappa shape index (κ1) is 48.4. The third-order valence-corrected chi connectivity index (χ3v) is 12.4. The van der Waals surface area contributed by atoms with Crippen LogP contribution in [0.2, 0.25) is 0 Å². The standard InChI is InChI=1S/C51H73N5O6/c1-50(2,3)44(34-61-48(59)38-30-36-24-19-15-11-7-9-13-17-21-26-40(38)52-32-36)55-46(57)42-28-23-29-43(54-42)47(58)56-45(51(4,5)6)35-62-49(60)39-31-37-25-20-16-12-8-10-14-18-22-27-41(39)53-33-37/h23,28-33,44-45H,7-22,24-27,34-35H2,1-6H3,(H,55,57)(H,56,58)/t44-,45-/m1/s1. The number of pyridine rings is 3. The van der Waals surface area contributed by atoms with Crippen LogP contribution in [-0.2, 0) is 35.2 Å². The molecule has 3 aromatic heterocycles. The number of amides is 2. The molecule has 3 aromatic rings. The molecule has 0 aromatic carbocycles. The first-order valence-corrected chi connectivity index (χ1v) is 23.6. The van der Waals surface area contributed by atoms with Gasteiger partial charge in [0.15, 0.2) is 0 Å². The van der Waals surface area contributed by atoms with Crippen LogP contribution in [-0.4, -0.2) is 64.0 Å². The molecule has 2 aliphatic carbocycles. The van der Waals surface area contributed by atoms with Gasteiger partial charge in [-0.2, -0.15) is 0 Å². The van der Waals surface area contributed by atoms with Crippen LogP contribution in [0.15, 0.2) is 42.7 Å². The lowest BCUT2D eigenvalue weighted by molar-refractivity contribution is 0.0375. The van der Waals surface area contributed by atoms with Gasteiger partial charge in [-0.15, -0.1) is 0 Å². The molecule has 338 valence electrons. The zero-order chi connectivity index (χ0) is 44.5. The van der Waals surface area contributed by atoms with E-state index in [1.807, 2.05) is 66.1 Å². The number of hydrogen-bond acceptors (Lipinski definition) is 9. The topological polar surface area (TPSA) is 149 Å². The highest BCUT2D eigenvalue weighted by atomic mass is 16.5. The van der Waals surface area contributed by atoms with Crippen molar-refractivity contribution in [3.63, 3.8) is 0 Å². The van der Waals surface area contributed by atoms with E-state index in [0.29, 0.717) is 24.0 Å². The normalized spacial score (nSPS) is 17.1. The van der Waals surface area contributed by atoms with E-state index in [0.717, 1.165) is 73.9 Å².